The summed E-state index contributed by atoms with van der Waals surface area (Å²) in [6, 6.07) is 10.3. The average Bonchev–Trinajstić information content (AvgIpc) is 3.49. The fourth-order valence-electron chi connectivity index (χ4n) is 5.89. The average molecular weight is 621 g/mol. The van der Waals surface area contributed by atoms with Gasteiger partial charge >= 0.3 is 12.5 Å². The first-order valence-electron chi connectivity index (χ1n) is 14.0. The summed E-state index contributed by atoms with van der Waals surface area (Å²) in [6.45, 7) is 0.220. The summed E-state index contributed by atoms with van der Waals surface area (Å²) in [7, 11) is -4.42. The molecule has 10 nitrogen and oxygen atoms in total. The number of hydrogen-bond donors (Lipinski definition) is 2. The van der Waals surface area contributed by atoms with E-state index in [4.69, 9.17) is 0 Å². The zero-order chi connectivity index (χ0) is 30.8. The van der Waals surface area contributed by atoms with Crippen molar-refractivity contribution in [3.05, 3.63) is 60.3 Å². The molecule has 230 valence electrons. The van der Waals surface area contributed by atoms with E-state index in [1.165, 1.54) is 34.2 Å². The maximum atomic E-state index is 13.4. The van der Waals surface area contributed by atoms with Crippen LogP contribution in [0.1, 0.15) is 48.9 Å². The normalized spacial score (nSPS) is 18.2. The molecule has 1 aliphatic carbocycles. The van der Waals surface area contributed by atoms with Gasteiger partial charge < -0.3 is 19.6 Å². The highest BCUT2D eigenvalue weighted by atomic mass is 32.2. The summed E-state index contributed by atoms with van der Waals surface area (Å²) >= 11 is 0. The summed E-state index contributed by atoms with van der Waals surface area (Å²) in [5, 5.41) is 10.2. The Balaban J connectivity index is 1.39. The van der Waals surface area contributed by atoms with E-state index in [0.717, 1.165) is 44.2 Å². The SMILES string of the molecule is O=C(c1ccc(NS(=O)(=O)c2cccc3cccnc23)c(OC(F)(F)F)c1)N1CCN(C(=O)O)C(CCC2CCCC2)C1. The van der Waals surface area contributed by atoms with Gasteiger partial charge in [0.15, 0.2) is 5.75 Å². The van der Waals surface area contributed by atoms with Crippen molar-refractivity contribution in [3.63, 3.8) is 0 Å². The Bertz CT molecular complexity index is 1610. The number of carboxylic acid groups (broad SMARTS) is 1. The minimum absolute atomic E-state index is 0.0585. The number of ether oxygens (including phenoxy) is 1. The Morgan fingerprint density at radius 2 is 1.79 bits per heavy atom. The van der Waals surface area contributed by atoms with E-state index in [1.54, 1.807) is 18.2 Å². The van der Waals surface area contributed by atoms with Gasteiger partial charge in [0.05, 0.1) is 17.2 Å². The number of halogens is 3. The number of pyridine rings is 1. The molecule has 14 heteroatoms. The van der Waals surface area contributed by atoms with Crippen LogP contribution in [0.3, 0.4) is 0 Å². The smallest absolute Gasteiger partial charge is 0.465 e. The molecule has 1 atom stereocenters. The van der Waals surface area contributed by atoms with Crippen molar-refractivity contribution in [2.45, 2.75) is 55.8 Å². The molecule has 2 fully saturated rings. The predicted octanol–water partition coefficient (Wildman–Crippen LogP) is 5.71. The first kappa shape index (κ1) is 30.4. The van der Waals surface area contributed by atoms with Crippen LogP contribution in [-0.2, 0) is 10.0 Å². The van der Waals surface area contributed by atoms with E-state index in [-0.39, 0.29) is 35.6 Å². The number of fused-ring (bicyclic) bond motifs is 1. The lowest BCUT2D eigenvalue weighted by Gasteiger charge is -2.40. The summed E-state index contributed by atoms with van der Waals surface area (Å²) in [5.74, 6) is -1.00. The minimum Gasteiger partial charge on any atom is -0.465 e. The number of anilines is 1. The number of rotatable bonds is 8. The largest absolute Gasteiger partial charge is 0.573 e. The second kappa shape index (κ2) is 12.3. The summed E-state index contributed by atoms with van der Waals surface area (Å²) < 4.78 is 73.0. The number of nitrogens with one attached hydrogen (secondary N) is 1. The van der Waals surface area contributed by atoms with Gasteiger partial charge in [0, 0.05) is 36.8 Å². The lowest BCUT2D eigenvalue weighted by molar-refractivity contribution is -0.274. The Labute approximate surface area is 246 Å². The van der Waals surface area contributed by atoms with Crippen molar-refractivity contribution in [1.29, 1.82) is 0 Å². The Morgan fingerprint density at radius 3 is 2.51 bits per heavy atom. The Morgan fingerprint density at radius 1 is 1.05 bits per heavy atom. The van der Waals surface area contributed by atoms with Gasteiger partial charge in [-0.2, -0.15) is 0 Å². The molecule has 1 saturated heterocycles. The Hall–Kier alpha value is -4.07. The lowest BCUT2D eigenvalue weighted by Crippen LogP contribution is -2.56. The highest BCUT2D eigenvalue weighted by Crippen LogP contribution is 2.35. The van der Waals surface area contributed by atoms with Crippen LogP contribution in [0.5, 0.6) is 5.75 Å². The van der Waals surface area contributed by atoms with Gasteiger partial charge in [-0.15, -0.1) is 13.2 Å². The molecule has 43 heavy (non-hydrogen) atoms. The van der Waals surface area contributed by atoms with Crippen LogP contribution in [0, 0.1) is 5.92 Å². The first-order chi connectivity index (χ1) is 20.4. The van der Waals surface area contributed by atoms with Gasteiger partial charge in [0.1, 0.15) is 4.90 Å². The summed E-state index contributed by atoms with van der Waals surface area (Å²) in [4.78, 5) is 31.9. The number of para-hydroxylation sites is 1. The van der Waals surface area contributed by atoms with Crippen molar-refractivity contribution in [2.24, 2.45) is 5.92 Å². The molecule has 3 aromatic rings. The van der Waals surface area contributed by atoms with Gasteiger partial charge in [-0.25, -0.2) is 13.2 Å². The molecule has 1 aliphatic heterocycles. The number of carbonyl (C=O) groups excluding carboxylic acids is 1. The molecule has 5 rings (SSSR count). The number of benzene rings is 2. The maximum Gasteiger partial charge on any atom is 0.573 e. The van der Waals surface area contributed by atoms with Crippen LogP contribution in [-0.4, -0.2) is 72.3 Å². The van der Waals surface area contributed by atoms with E-state index in [9.17, 15) is 36.3 Å². The highest BCUT2D eigenvalue weighted by Gasteiger charge is 2.36. The van der Waals surface area contributed by atoms with E-state index in [2.05, 4.69) is 14.4 Å². The topological polar surface area (TPSA) is 129 Å². The van der Waals surface area contributed by atoms with Crippen LogP contribution in [0.15, 0.2) is 59.6 Å². The molecule has 1 unspecified atom stereocenters. The number of alkyl halides is 3. The van der Waals surface area contributed by atoms with Crippen LogP contribution >= 0.6 is 0 Å². The van der Waals surface area contributed by atoms with Crippen molar-refractivity contribution in [2.75, 3.05) is 24.4 Å². The first-order valence-corrected chi connectivity index (χ1v) is 15.4. The molecule has 0 bridgehead atoms. The van der Waals surface area contributed by atoms with Gasteiger partial charge in [-0.05, 0) is 49.1 Å². The third kappa shape index (κ3) is 7.12. The molecular weight excluding hydrogens is 589 g/mol. The summed E-state index contributed by atoms with van der Waals surface area (Å²) in [5.41, 5.74) is -0.551. The maximum absolute atomic E-state index is 13.4. The number of piperazine rings is 1. The second-order valence-electron chi connectivity index (χ2n) is 10.8. The number of nitrogens with zero attached hydrogens (tertiary/aromatic N) is 3. The fourth-order valence-corrected chi connectivity index (χ4v) is 7.14. The van der Waals surface area contributed by atoms with Gasteiger partial charge in [0.2, 0.25) is 0 Å². The van der Waals surface area contributed by atoms with Crippen molar-refractivity contribution >= 4 is 38.6 Å². The zero-order valence-corrected chi connectivity index (χ0v) is 23.9. The fraction of sp³-hybridized carbons (Fsp3) is 0.414. The number of amides is 2. The molecule has 2 aliphatic rings. The minimum atomic E-state index is -5.18. The van der Waals surface area contributed by atoms with Crippen LogP contribution in [0.4, 0.5) is 23.7 Å². The summed E-state index contributed by atoms with van der Waals surface area (Å²) in [6.07, 6.45) is 1.04. The van der Waals surface area contributed by atoms with Gasteiger partial charge in [0.25, 0.3) is 15.9 Å². The quantitative estimate of drug-likeness (QED) is 0.330. The van der Waals surface area contributed by atoms with Gasteiger partial charge in [-0.3, -0.25) is 14.5 Å². The van der Waals surface area contributed by atoms with Crippen LogP contribution in [0.2, 0.25) is 0 Å². The van der Waals surface area contributed by atoms with E-state index < -0.39 is 45.9 Å². The molecule has 2 aromatic carbocycles. The molecule has 2 heterocycles. The van der Waals surface area contributed by atoms with Crippen molar-refractivity contribution in [1.82, 2.24) is 14.8 Å². The predicted molar refractivity (Wildman–Crippen MR) is 151 cm³/mol. The van der Waals surface area contributed by atoms with E-state index in [0.29, 0.717) is 17.7 Å². The third-order valence-electron chi connectivity index (χ3n) is 7.98. The Kier molecular flexibility index (Phi) is 8.67. The molecule has 1 aromatic heterocycles. The zero-order valence-electron chi connectivity index (χ0n) is 23.1. The van der Waals surface area contributed by atoms with Crippen LogP contribution in [0.25, 0.3) is 10.9 Å². The molecule has 0 spiro atoms. The van der Waals surface area contributed by atoms with Crippen LogP contribution < -0.4 is 9.46 Å². The van der Waals surface area contributed by atoms with E-state index >= 15 is 0 Å². The number of carbonyl (C=O) groups is 2. The molecule has 2 N–H and O–H groups in total. The molecule has 0 radical (unpaired) electrons. The van der Waals surface area contributed by atoms with Gasteiger partial charge in [-0.1, -0.05) is 43.9 Å². The standard InChI is InChI=1S/C29H31F3N4O6S/c30-29(31,32)42-24-17-21(11-13-23(24)34-43(40,41)25-9-3-7-20-8-4-14-33-26(20)25)27(37)35-15-16-36(28(38)39)22(18-35)12-10-19-5-1-2-6-19/h3-4,7-9,11,13-14,17,19,22,34H,1-2,5-6,10,12,15-16,18H2,(H,38,39). The molecule has 2 amide bonds. The number of hydrogen-bond acceptors (Lipinski definition) is 6. The third-order valence-corrected chi connectivity index (χ3v) is 9.38. The number of sulfonamides is 1. The van der Waals surface area contributed by atoms with E-state index in [1.807, 2.05) is 0 Å². The molecule has 1 saturated carbocycles. The number of aromatic nitrogens is 1. The lowest BCUT2D eigenvalue weighted by atomic mass is 9.96. The molecular formula is C29H31F3N4O6S. The monoisotopic (exact) mass is 620 g/mol. The second-order valence-corrected chi connectivity index (χ2v) is 12.5. The van der Waals surface area contributed by atoms with Crippen molar-refractivity contribution < 1.29 is 41.0 Å². The van der Waals surface area contributed by atoms with Crippen molar-refractivity contribution in [3.8, 4) is 5.75 Å². The highest BCUT2D eigenvalue weighted by molar-refractivity contribution is 7.93.